The van der Waals surface area contributed by atoms with Gasteiger partial charge in [-0.2, -0.15) is 0 Å². The second-order valence-corrected chi connectivity index (χ2v) is 6.65. The van der Waals surface area contributed by atoms with Gasteiger partial charge >= 0.3 is 0 Å². The number of quaternary nitrogens is 1. The topological polar surface area (TPSA) is 3.24 Å². The first kappa shape index (κ1) is 16.7. The molecule has 1 radical (unpaired) electrons. The molecule has 0 aromatic heterocycles. The van der Waals surface area contributed by atoms with Crippen molar-refractivity contribution in [3.63, 3.8) is 0 Å². The van der Waals surface area contributed by atoms with E-state index < -0.39 is 0 Å². The number of nitrogens with zero attached hydrogens (tertiary/aromatic N) is 2. The van der Waals surface area contributed by atoms with Crippen LogP contribution in [0.3, 0.4) is 0 Å². The number of fused-ring (bicyclic) bond motifs is 3. The van der Waals surface area contributed by atoms with E-state index in [0.717, 1.165) is 13.0 Å². The Morgan fingerprint density at radius 1 is 1.30 bits per heavy atom. The molecule has 0 N–H and O–H groups in total. The van der Waals surface area contributed by atoms with Gasteiger partial charge in [0.05, 0.1) is 19.6 Å². The van der Waals surface area contributed by atoms with E-state index in [9.17, 15) is 0 Å². The molecule has 0 saturated carbocycles. The standard InChI is InChI=1S/C17H28N2.Y/c1-3-15(2)18-9-4-17(5-10-18)14-19-11-6-16(7-12-19)8-13-19;/h4H,2-3,5-14H2,1H3;. The van der Waals surface area contributed by atoms with Gasteiger partial charge in [0, 0.05) is 51.5 Å². The van der Waals surface area contributed by atoms with E-state index in [-0.39, 0.29) is 32.7 Å². The molecule has 0 spiro atoms. The molecule has 2 bridgehead atoms. The van der Waals surface area contributed by atoms with Gasteiger partial charge in [0.2, 0.25) is 0 Å². The van der Waals surface area contributed by atoms with Gasteiger partial charge in [-0.15, -0.1) is 19.3 Å². The van der Waals surface area contributed by atoms with Crippen molar-refractivity contribution in [2.75, 3.05) is 39.3 Å². The van der Waals surface area contributed by atoms with E-state index in [0.29, 0.717) is 0 Å². The van der Waals surface area contributed by atoms with Gasteiger partial charge in [-0.05, 0) is 18.4 Å². The minimum Gasteiger partial charge on any atom is -0.371 e. The van der Waals surface area contributed by atoms with E-state index in [1.807, 2.05) is 5.92 Å². The Morgan fingerprint density at radius 2 is 1.95 bits per heavy atom. The van der Waals surface area contributed by atoms with Crippen LogP contribution in [0.1, 0.15) is 39.0 Å². The zero-order valence-electron chi connectivity index (χ0n) is 13.0. The number of hydrogen-bond donors (Lipinski definition) is 0. The minimum absolute atomic E-state index is 0. The molecular formula is C17H28N2Y. The molecule has 0 aromatic carbocycles. The van der Waals surface area contributed by atoms with E-state index in [2.05, 4.69) is 24.5 Å². The number of rotatable bonds is 4. The summed E-state index contributed by atoms with van der Waals surface area (Å²) in [5.74, 6) is 1.85. The van der Waals surface area contributed by atoms with Crippen molar-refractivity contribution in [2.45, 2.75) is 39.0 Å². The maximum atomic E-state index is 4.16. The van der Waals surface area contributed by atoms with Crippen molar-refractivity contribution in [1.29, 1.82) is 0 Å². The van der Waals surface area contributed by atoms with E-state index in [1.54, 1.807) is 5.57 Å². The Labute approximate surface area is 149 Å². The van der Waals surface area contributed by atoms with Crippen molar-refractivity contribution in [3.05, 3.63) is 29.8 Å². The van der Waals surface area contributed by atoms with Gasteiger partial charge in [0.1, 0.15) is 6.54 Å². The molecule has 4 heterocycles. The predicted molar refractivity (Wildman–Crippen MR) is 80.5 cm³/mol. The zero-order chi connectivity index (χ0) is 13.3. The number of hydrogen-bond acceptors (Lipinski definition) is 1. The summed E-state index contributed by atoms with van der Waals surface area (Å²) in [4.78, 5) is 2.45. The first-order chi connectivity index (χ1) is 9.21. The fourth-order valence-electron chi connectivity index (χ4n) is 3.93. The molecule has 4 aliphatic heterocycles. The van der Waals surface area contributed by atoms with Crippen LogP contribution in [0.2, 0.25) is 0 Å². The molecule has 4 rings (SSSR count). The largest absolute Gasteiger partial charge is 0.371 e. The molecule has 3 heteroatoms. The molecule has 3 saturated heterocycles. The fraction of sp³-hybridized carbons (Fsp3) is 0.706. The third kappa shape index (κ3) is 3.56. The van der Waals surface area contributed by atoms with Crippen molar-refractivity contribution >= 4 is 0 Å². The van der Waals surface area contributed by atoms with Crippen LogP contribution in [0.4, 0.5) is 0 Å². The Hall–Kier alpha value is 0.344. The quantitative estimate of drug-likeness (QED) is 0.428. The molecule has 3 fully saturated rings. The van der Waals surface area contributed by atoms with E-state index in [4.69, 9.17) is 0 Å². The summed E-state index contributed by atoms with van der Waals surface area (Å²) >= 11 is 0. The second kappa shape index (κ2) is 7.07. The Morgan fingerprint density at radius 3 is 2.45 bits per heavy atom. The summed E-state index contributed by atoms with van der Waals surface area (Å²) in [6.07, 6.45) is 9.06. The number of piperidine rings is 3. The summed E-state index contributed by atoms with van der Waals surface area (Å²) in [6.45, 7) is 14.2. The summed E-state index contributed by atoms with van der Waals surface area (Å²) in [5, 5.41) is 0. The van der Waals surface area contributed by atoms with Gasteiger partial charge in [-0.25, -0.2) is 0 Å². The maximum absolute atomic E-state index is 4.16. The monoisotopic (exact) mass is 349 g/mol. The normalized spacial score (nSPS) is 25.1. The summed E-state index contributed by atoms with van der Waals surface area (Å²) in [7, 11) is 0. The molecule has 0 unspecified atom stereocenters. The molecule has 2 nitrogen and oxygen atoms in total. The molecule has 0 aromatic rings. The van der Waals surface area contributed by atoms with Gasteiger partial charge in [-0.1, -0.05) is 19.6 Å². The molecule has 20 heavy (non-hydrogen) atoms. The molecule has 4 aliphatic rings. The fourth-order valence-corrected chi connectivity index (χ4v) is 3.93. The molecule has 0 atom stereocenters. The van der Waals surface area contributed by atoms with E-state index in [1.165, 1.54) is 68.6 Å². The zero-order valence-corrected chi connectivity index (χ0v) is 15.9. The Kier molecular flexibility index (Phi) is 5.91. The minimum atomic E-state index is 0. The van der Waals surface area contributed by atoms with Gasteiger partial charge in [0.25, 0.3) is 0 Å². The van der Waals surface area contributed by atoms with Crippen LogP contribution in [0.15, 0.2) is 23.9 Å². The predicted octanol–water partition coefficient (Wildman–Crippen LogP) is 3.13. The van der Waals surface area contributed by atoms with Gasteiger partial charge in [0.15, 0.2) is 0 Å². The van der Waals surface area contributed by atoms with Crippen molar-refractivity contribution < 1.29 is 37.2 Å². The van der Waals surface area contributed by atoms with Crippen molar-refractivity contribution in [2.24, 2.45) is 0 Å². The Bertz CT molecular complexity index is 367. The first-order valence-electron chi connectivity index (χ1n) is 8.00. The average molecular weight is 349 g/mol. The van der Waals surface area contributed by atoms with Crippen LogP contribution in [0.5, 0.6) is 0 Å². The molecule has 109 valence electrons. The van der Waals surface area contributed by atoms with Crippen LogP contribution < -0.4 is 0 Å². The summed E-state index contributed by atoms with van der Waals surface area (Å²) in [6, 6.07) is 0. The van der Waals surface area contributed by atoms with Crippen LogP contribution in [-0.4, -0.2) is 48.7 Å². The van der Waals surface area contributed by atoms with Crippen LogP contribution in [0.25, 0.3) is 0 Å². The Balaban J connectivity index is 0.00000147. The van der Waals surface area contributed by atoms with Gasteiger partial charge < -0.3 is 9.38 Å². The van der Waals surface area contributed by atoms with Crippen LogP contribution in [-0.2, 0) is 32.7 Å². The van der Waals surface area contributed by atoms with Crippen LogP contribution in [0, 0.1) is 5.92 Å². The molecule has 0 aliphatic carbocycles. The second-order valence-electron chi connectivity index (χ2n) is 6.65. The van der Waals surface area contributed by atoms with Crippen molar-refractivity contribution in [3.8, 4) is 0 Å². The third-order valence-electron chi connectivity index (χ3n) is 5.52. The summed E-state index contributed by atoms with van der Waals surface area (Å²) in [5.41, 5.74) is 3.02. The SMILES string of the molecule is C=C(CC)N1CC=C(C[N+]23CC[C-](CC2)CC3)CC1.[Y]. The van der Waals surface area contributed by atoms with E-state index >= 15 is 0 Å². The third-order valence-corrected chi connectivity index (χ3v) is 5.52. The molecule has 0 amide bonds. The number of allylic oxidation sites excluding steroid dienone is 1. The smallest absolute Gasteiger partial charge is 0.100 e. The average Bonchev–Trinajstić information content (AvgIpc) is 2.49. The summed E-state index contributed by atoms with van der Waals surface area (Å²) < 4.78 is 1.39. The first-order valence-corrected chi connectivity index (χ1v) is 8.00. The maximum Gasteiger partial charge on any atom is 0.100 e. The van der Waals surface area contributed by atoms with Crippen molar-refractivity contribution in [1.82, 2.24) is 4.90 Å². The van der Waals surface area contributed by atoms with Gasteiger partial charge in [-0.3, -0.25) is 5.92 Å². The molecular weight excluding hydrogens is 321 g/mol. The van der Waals surface area contributed by atoms with Crippen LogP contribution >= 0.6 is 0 Å².